The van der Waals surface area contributed by atoms with Crippen LogP contribution in [0.2, 0.25) is 5.02 Å². The van der Waals surface area contributed by atoms with Crippen LogP contribution in [-0.2, 0) is 19.5 Å². The van der Waals surface area contributed by atoms with Gasteiger partial charge in [0.15, 0.2) is 0 Å². The second kappa shape index (κ2) is 7.43. The summed E-state index contributed by atoms with van der Waals surface area (Å²) >= 11 is 6.47. The van der Waals surface area contributed by atoms with E-state index in [0.29, 0.717) is 6.04 Å². The van der Waals surface area contributed by atoms with Crippen LogP contribution >= 0.6 is 11.6 Å². The highest BCUT2D eigenvalue weighted by Crippen LogP contribution is 2.23. The fourth-order valence-electron chi connectivity index (χ4n) is 2.94. The monoisotopic (exact) mass is 298 g/mol. The molecule has 1 aliphatic rings. The molecule has 0 aliphatic carbocycles. The van der Waals surface area contributed by atoms with Crippen LogP contribution in [0, 0.1) is 0 Å². The molecule has 0 bridgehead atoms. The average molecular weight is 299 g/mol. The van der Waals surface area contributed by atoms with Crippen LogP contribution in [0.5, 0.6) is 0 Å². The molecule has 0 aromatic carbocycles. The third-order valence-electron chi connectivity index (χ3n) is 4.06. The van der Waals surface area contributed by atoms with Gasteiger partial charge in [-0.15, -0.1) is 0 Å². The maximum atomic E-state index is 6.47. The number of aromatic nitrogens is 2. The van der Waals surface area contributed by atoms with Gasteiger partial charge in [0.1, 0.15) is 0 Å². The molecular formula is C15H27ClN4. The lowest BCUT2D eigenvalue weighted by Gasteiger charge is -2.28. The van der Waals surface area contributed by atoms with Crippen molar-refractivity contribution in [2.75, 3.05) is 20.1 Å². The summed E-state index contributed by atoms with van der Waals surface area (Å²) in [6.45, 7) is 8.21. The van der Waals surface area contributed by atoms with Crippen molar-refractivity contribution in [2.24, 2.45) is 0 Å². The van der Waals surface area contributed by atoms with Gasteiger partial charge in [-0.25, -0.2) is 0 Å². The van der Waals surface area contributed by atoms with Crippen molar-refractivity contribution in [3.05, 3.63) is 16.4 Å². The lowest BCUT2D eigenvalue weighted by molar-refractivity contribution is 0.251. The molecule has 114 valence electrons. The van der Waals surface area contributed by atoms with Crippen LogP contribution in [0.25, 0.3) is 0 Å². The van der Waals surface area contributed by atoms with E-state index in [0.717, 1.165) is 49.0 Å². The molecule has 1 fully saturated rings. The first-order valence-electron chi connectivity index (χ1n) is 7.81. The summed E-state index contributed by atoms with van der Waals surface area (Å²) in [5.74, 6) is 0. The smallest absolute Gasteiger partial charge is 0.0863 e. The van der Waals surface area contributed by atoms with Crippen molar-refractivity contribution in [2.45, 2.75) is 58.7 Å². The van der Waals surface area contributed by atoms with Crippen LogP contribution in [0.1, 0.15) is 44.5 Å². The fraction of sp³-hybridized carbons (Fsp3) is 0.800. The minimum atomic E-state index is 0.621. The van der Waals surface area contributed by atoms with Crippen LogP contribution in [-0.4, -0.2) is 40.9 Å². The van der Waals surface area contributed by atoms with E-state index < -0.39 is 0 Å². The molecule has 1 atom stereocenters. The highest BCUT2D eigenvalue weighted by molar-refractivity contribution is 6.31. The molecule has 0 spiro atoms. The lowest BCUT2D eigenvalue weighted by Crippen LogP contribution is -2.42. The van der Waals surface area contributed by atoms with Gasteiger partial charge < -0.3 is 5.32 Å². The first-order valence-corrected chi connectivity index (χ1v) is 8.19. The normalized spacial score (nSPS) is 19.8. The average Bonchev–Trinajstić information content (AvgIpc) is 2.76. The van der Waals surface area contributed by atoms with E-state index >= 15 is 0 Å². The minimum Gasteiger partial charge on any atom is -0.313 e. The van der Waals surface area contributed by atoms with Gasteiger partial charge in [-0.3, -0.25) is 9.58 Å². The molecule has 1 N–H and O–H groups in total. The Hall–Kier alpha value is -0.580. The zero-order chi connectivity index (χ0) is 14.5. The minimum absolute atomic E-state index is 0.621. The molecule has 4 nitrogen and oxygen atoms in total. The zero-order valence-corrected chi connectivity index (χ0v) is 13.7. The first kappa shape index (κ1) is 15.8. The van der Waals surface area contributed by atoms with Gasteiger partial charge in [-0.1, -0.05) is 24.9 Å². The Morgan fingerprint density at radius 1 is 1.40 bits per heavy atom. The Morgan fingerprint density at radius 3 is 2.80 bits per heavy atom. The zero-order valence-electron chi connectivity index (χ0n) is 13.0. The van der Waals surface area contributed by atoms with Crippen LogP contribution in [0.15, 0.2) is 0 Å². The van der Waals surface area contributed by atoms with E-state index in [4.69, 9.17) is 11.6 Å². The molecule has 20 heavy (non-hydrogen) atoms. The van der Waals surface area contributed by atoms with Crippen molar-refractivity contribution in [1.29, 1.82) is 0 Å². The molecule has 1 aliphatic heterocycles. The second-order valence-corrected chi connectivity index (χ2v) is 6.10. The van der Waals surface area contributed by atoms with E-state index in [1.165, 1.54) is 19.3 Å². The second-order valence-electron chi connectivity index (χ2n) is 5.72. The molecular weight excluding hydrogens is 272 g/mol. The van der Waals surface area contributed by atoms with E-state index in [1.807, 2.05) is 4.68 Å². The van der Waals surface area contributed by atoms with Gasteiger partial charge in [-0.2, -0.15) is 5.10 Å². The fourth-order valence-corrected chi connectivity index (χ4v) is 3.27. The van der Waals surface area contributed by atoms with E-state index in [9.17, 15) is 0 Å². The Kier molecular flexibility index (Phi) is 5.87. The summed E-state index contributed by atoms with van der Waals surface area (Å²) in [4.78, 5) is 2.36. The number of nitrogens with one attached hydrogen (secondary N) is 1. The number of aryl methyl sites for hydroxylation is 2. The number of likely N-dealkylation sites (N-methyl/N-ethyl adjacent to an activating group) is 1. The van der Waals surface area contributed by atoms with Gasteiger partial charge in [-0.05, 0) is 39.8 Å². The van der Waals surface area contributed by atoms with Crippen molar-refractivity contribution in [3.8, 4) is 0 Å². The molecule has 0 radical (unpaired) electrons. The standard InChI is InChI=1S/C15H27ClN4/c1-4-13-15(16)14(20(5-2)18-13)11-19(3)10-12-8-6-7-9-17-12/h12,17H,4-11H2,1-3H3. The third kappa shape index (κ3) is 3.74. The molecule has 0 amide bonds. The SMILES string of the molecule is CCc1nn(CC)c(CN(C)CC2CCCCN2)c1Cl. The van der Waals surface area contributed by atoms with Gasteiger partial charge in [0, 0.05) is 25.7 Å². The van der Waals surface area contributed by atoms with E-state index in [1.54, 1.807) is 0 Å². The summed E-state index contributed by atoms with van der Waals surface area (Å²) in [6.07, 6.45) is 4.84. The Labute approximate surface area is 127 Å². The predicted molar refractivity (Wildman–Crippen MR) is 84.3 cm³/mol. The van der Waals surface area contributed by atoms with E-state index in [2.05, 4.69) is 36.2 Å². The number of hydrogen-bond donors (Lipinski definition) is 1. The Bertz CT molecular complexity index is 424. The van der Waals surface area contributed by atoms with Crippen LogP contribution < -0.4 is 5.32 Å². The quantitative estimate of drug-likeness (QED) is 0.876. The van der Waals surface area contributed by atoms with Crippen LogP contribution in [0.3, 0.4) is 0 Å². The van der Waals surface area contributed by atoms with Gasteiger partial charge in [0.2, 0.25) is 0 Å². The lowest BCUT2D eigenvalue weighted by atomic mass is 10.0. The molecule has 1 unspecified atom stereocenters. The van der Waals surface area contributed by atoms with Crippen molar-refractivity contribution in [1.82, 2.24) is 20.0 Å². The number of nitrogens with zero attached hydrogens (tertiary/aromatic N) is 3. The molecule has 1 aromatic heterocycles. The number of halogens is 1. The molecule has 2 rings (SSSR count). The maximum Gasteiger partial charge on any atom is 0.0863 e. The summed E-state index contributed by atoms with van der Waals surface area (Å²) < 4.78 is 2.05. The summed E-state index contributed by atoms with van der Waals surface area (Å²) in [5, 5.41) is 9.05. The summed E-state index contributed by atoms with van der Waals surface area (Å²) in [7, 11) is 2.17. The first-order chi connectivity index (χ1) is 9.65. The molecule has 2 heterocycles. The highest BCUT2D eigenvalue weighted by atomic mass is 35.5. The predicted octanol–water partition coefficient (Wildman–Crippen LogP) is 2.69. The molecule has 0 saturated carbocycles. The van der Waals surface area contributed by atoms with Gasteiger partial charge >= 0.3 is 0 Å². The number of piperidine rings is 1. The van der Waals surface area contributed by atoms with Crippen molar-refractivity contribution < 1.29 is 0 Å². The Morgan fingerprint density at radius 2 is 2.20 bits per heavy atom. The third-order valence-corrected chi connectivity index (χ3v) is 4.49. The van der Waals surface area contributed by atoms with E-state index in [-0.39, 0.29) is 0 Å². The van der Waals surface area contributed by atoms with Crippen molar-refractivity contribution in [3.63, 3.8) is 0 Å². The van der Waals surface area contributed by atoms with Crippen molar-refractivity contribution >= 4 is 11.6 Å². The molecule has 5 heteroatoms. The van der Waals surface area contributed by atoms with Gasteiger partial charge in [0.05, 0.1) is 16.4 Å². The largest absolute Gasteiger partial charge is 0.313 e. The number of hydrogen-bond acceptors (Lipinski definition) is 3. The summed E-state index contributed by atoms with van der Waals surface area (Å²) in [6, 6.07) is 0.621. The number of rotatable bonds is 6. The summed E-state index contributed by atoms with van der Waals surface area (Å²) in [5.41, 5.74) is 2.18. The van der Waals surface area contributed by atoms with Crippen LogP contribution in [0.4, 0.5) is 0 Å². The highest BCUT2D eigenvalue weighted by Gasteiger charge is 2.19. The topological polar surface area (TPSA) is 33.1 Å². The molecule has 1 saturated heterocycles. The molecule has 1 aromatic rings. The van der Waals surface area contributed by atoms with Gasteiger partial charge in [0.25, 0.3) is 0 Å². The maximum absolute atomic E-state index is 6.47. The Balaban J connectivity index is 1.99.